The van der Waals surface area contributed by atoms with E-state index < -0.39 is 17.7 Å². The minimum absolute atomic E-state index is 0.0758. The van der Waals surface area contributed by atoms with Crippen LogP contribution in [0, 0.1) is 5.92 Å². The van der Waals surface area contributed by atoms with Gasteiger partial charge in [0.1, 0.15) is 0 Å². The molecule has 0 aromatic carbocycles. The summed E-state index contributed by atoms with van der Waals surface area (Å²) in [5, 5.41) is 21.2. The van der Waals surface area contributed by atoms with Crippen LogP contribution in [0.2, 0.25) is 0 Å². The third-order valence-corrected chi connectivity index (χ3v) is 3.52. The summed E-state index contributed by atoms with van der Waals surface area (Å²) in [6.07, 6.45) is 2.12. The maximum atomic E-state index is 11.6. The van der Waals surface area contributed by atoms with Gasteiger partial charge in [0.15, 0.2) is 0 Å². The number of hydrazine groups is 1. The molecule has 0 bridgehead atoms. The van der Waals surface area contributed by atoms with E-state index in [4.69, 9.17) is 10.7 Å². The van der Waals surface area contributed by atoms with Gasteiger partial charge in [-0.1, -0.05) is 13.3 Å². The number of hydrogen-bond donors (Lipinski definition) is 5. The second-order valence-corrected chi connectivity index (χ2v) is 5.56. The number of aromatic nitrogens is 1. The van der Waals surface area contributed by atoms with E-state index >= 15 is 0 Å². The summed E-state index contributed by atoms with van der Waals surface area (Å²) in [7, 11) is 0. The molecule has 0 saturated carbocycles. The Hall–Kier alpha value is -2.75. The Morgan fingerprint density at radius 2 is 1.84 bits per heavy atom. The summed E-state index contributed by atoms with van der Waals surface area (Å²) < 4.78 is 0.586. The molecular weight excluding hydrogens is 332 g/mol. The molecule has 0 fully saturated rings. The zero-order valence-electron chi connectivity index (χ0n) is 14.0. The van der Waals surface area contributed by atoms with Crippen molar-refractivity contribution in [1.82, 2.24) is 15.5 Å². The van der Waals surface area contributed by atoms with E-state index in [1.165, 1.54) is 12.1 Å². The van der Waals surface area contributed by atoms with Gasteiger partial charge in [0.05, 0.1) is 6.42 Å². The molecule has 10 nitrogen and oxygen atoms in total. The minimum Gasteiger partial charge on any atom is -0.492 e. The number of hydrogen-bond acceptors (Lipinski definition) is 7. The molecule has 2 amide bonds. The van der Waals surface area contributed by atoms with Gasteiger partial charge in [0.25, 0.3) is 0 Å². The van der Waals surface area contributed by atoms with E-state index in [1.54, 1.807) is 6.92 Å². The molecule has 140 valence electrons. The number of nitrogens with two attached hydrogens (primary N) is 1. The van der Waals surface area contributed by atoms with Crippen molar-refractivity contribution >= 4 is 17.8 Å². The fourth-order valence-electron chi connectivity index (χ4n) is 2.04. The van der Waals surface area contributed by atoms with Gasteiger partial charge in [-0.25, -0.2) is 10.6 Å². The zero-order valence-corrected chi connectivity index (χ0v) is 14.0. The first-order valence-electron chi connectivity index (χ1n) is 7.93. The van der Waals surface area contributed by atoms with Gasteiger partial charge < -0.3 is 20.4 Å². The molecule has 0 aliphatic carbocycles. The normalized spacial score (nSPS) is 11.6. The van der Waals surface area contributed by atoms with E-state index in [0.29, 0.717) is 24.0 Å². The molecule has 1 atom stereocenters. The lowest BCUT2D eigenvalue weighted by atomic mass is 10.0. The Morgan fingerprint density at radius 1 is 1.20 bits per heavy atom. The van der Waals surface area contributed by atoms with E-state index in [1.807, 2.05) is 0 Å². The van der Waals surface area contributed by atoms with Crippen molar-refractivity contribution in [2.24, 2.45) is 11.8 Å². The number of carbonyl (C=O) groups excluding carboxylic acids is 3. The predicted octanol–water partition coefficient (Wildman–Crippen LogP) is -0.453. The van der Waals surface area contributed by atoms with Crippen molar-refractivity contribution in [3.05, 3.63) is 12.1 Å². The van der Waals surface area contributed by atoms with Crippen LogP contribution in [0.5, 0.6) is 11.8 Å². The molecule has 1 heterocycles. The molecule has 10 heteroatoms. The zero-order chi connectivity index (χ0) is 18.8. The monoisotopic (exact) mass is 356 g/mol. The number of carbonyl (C=O) groups is 3. The fraction of sp³-hybridized carbons (Fsp3) is 0.533. The molecule has 0 radical (unpaired) electrons. The van der Waals surface area contributed by atoms with Gasteiger partial charge in [0.2, 0.25) is 23.6 Å². The number of nitrogens with one attached hydrogen (secondary N) is 2. The third kappa shape index (κ3) is 7.12. The second-order valence-electron chi connectivity index (χ2n) is 5.56. The van der Waals surface area contributed by atoms with Crippen LogP contribution in [0.15, 0.2) is 12.1 Å². The van der Waals surface area contributed by atoms with Crippen LogP contribution < -0.4 is 21.4 Å². The average Bonchev–Trinajstić information content (AvgIpc) is 2.89. The maximum absolute atomic E-state index is 11.6. The average molecular weight is 356 g/mol. The Balaban J connectivity index is 2.14. The topological polar surface area (TPSA) is 156 Å². The second kappa shape index (κ2) is 10.2. The highest BCUT2D eigenvalue weighted by Gasteiger charge is 2.13. The van der Waals surface area contributed by atoms with Crippen molar-refractivity contribution < 1.29 is 29.4 Å². The summed E-state index contributed by atoms with van der Waals surface area (Å²) in [6, 6.07) is 2.34. The van der Waals surface area contributed by atoms with Gasteiger partial charge in [-0.2, -0.15) is 0 Å². The van der Waals surface area contributed by atoms with Crippen LogP contribution in [0.1, 0.15) is 39.0 Å². The van der Waals surface area contributed by atoms with Crippen LogP contribution in [0.25, 0.3) is 0 Å². The lowest BCUT2D eigenvalue weighted by Crippen LogP contribution is -2.34. The minimum atomic E-state index is -0.719. The molecule has 1 rings (SSSR count). The number of amides is 2. The van der Waals surface area contributed by atoms with Gasteiger partial charge in [-0.15, -0.1) is 4.73 Å². The molecule has 1 unspecified atom stereocenters. The number of nitrogens with zero attached hydrogens (tertiary/aromatic N) is 1. The SMILES string of the molecule is CC(CCCCC(=O)NCCC(=O)On1c(O)ccc1O)C(=O)NN. The molecule has 0 spiro atoms. The van der Waals surface area contributed by atoms with Gasteiger partial charge in [-0.3, -0.25) is 15.0 Å². The first-order valence-corrected chi connectivity index (χ1v) is 7.93. The summed E-state index contributed by atoms with van der Waals surface area (Å²) in [5.41, 5.74) is 2.08. The first kappa shape index (κ1) is 20.3. The summed E-state index contributed by atoms with van der Waals surface area (Å²) in [5.74, 6) is 2.84. The Kier molecular flexibility index (Phi) is 8.27. The van der Waals surface area contributed by atoms with Crippen LogP contribution in [-0.2, 0) is 14.4 Å². The van der Waals surface area contributed by atoms with E-state index in [0.717, 1.165) is 0 Å². The van der Waals surface area contributed by atoms with Crippen molar-refractivity contribution in [3.8, 4) is 11.8 Å². The smallest absolute Gasteiger partial charge is 0.334 e. The van der Waals surface area contributed by atoms with Gasteiger partial charge in [0, 0.05) is 31.0 Å². The lowest BCUT2D eigenvalue weighted by molar-refractivity contribution is -0.145. The van der Waals surface area contributed by atoms with Crippen LogP contribution in [0.4, 0.5) is 0 Å². The highest BCUT2D eigenvalue weighted by Crippen LogP contribution is 2.18. The molecule has 6 N–H and O–H groups in total. The van der Waals surface area contributed by atoms with E-state index in [9.17, 15) is 24.6 Å². The molecular formula is C15H24N4O6. The van der Waals surface area contributed by atoms with Crippen molar-refractivity contribution in [2.45, 2.75) is 39.0 Å². The third-order valence-electron chi connectivity index (χ3n) is 3.52. The molecule has 0 aliphatic rings. The molecule has 1 aromatic rings. The Morgan fingerprint density at radius 3 is 2.44 bits per heavy atom. The van der Waals surface area contributed by atoms with Gasteiger partial charge in [-0.05, 0) is 12.8 Å². The summed E-state index contributed by atoms with van der Waals surface area (Å²) in [4.78, 5) is 39.1. The quantitative estimate of drug-likeness (QED) is 0.164. The van der Waals surface area contributed by atoms with Crippen LogP contribution in [0.3, 0.4) is 0 Å². The largest absolute Gasteiger partial charge is 0.492 e. The molecule has 25 heavy (non-hydrogen) atoms. The van der Waals surface area contributed by atoms with Crippen molar-refractivity contribution in [1.29, 1.82) is 0 Å². The standard InChI is InChI=1S/C15H24N4O6/c1-10(15(24)18-16)4-2-3-5-11(20)17-9-8-14(23)25-19-12(21)6-7-13(19)22/h6-7,10,21-22H,2-5,8-9,16H2,1H3,(H,17,20)(H,18,24). The highest BCUT2D eigenvalue weighted by molar-refractivity contribution is 5.78. The number of aromatic hydroxyl groups is 2. The number of rotatable bonds is 10. The Bertz CT molecular complexity index is 581. The fourth-order valence-corrected chi connectivity index (χ4v) is 2.04. The molecule has 0 aliphatic heterocycles. The summed E-state index contributed by atoms with van der Waals surface area (Å²) in [6.45, 7) is 1.83. The van der Waals surface area contributed by atoms with E-state index in [-0.39, 0.29) is 37.1 Å². The lowest BCUT2D eigenvalue weighted by Gasteiger charge is -2.09. The predicted molar refractivity (Wildman–Crippen MR) is 86.9 cm³/mol. The highest BCUT2D eigenvalue weighted by atomic mass is 16.7. The van der Waals surface area contributed by atoms with Crippen LogP contribution in [-0.4, -0.2) is 39.3 Å². The van der Waals surface area contributed by atoms with Gasteiger partial charge >= 0.3 is 5.97 Å². The maximum Gasteiger partial charge on any atom is 0.334 e. The van der Waals surface area contributed by atoms with Crippen molar-refractivity contribution in [3.63, 3.8) is 0 Å². The molecule has 1 aromatic heterocycles. The molecule has 0 saturated heterocycles. The summed E-state index contributed by atoms with van der Waals surface area (Å²) >= 11 is 0. The van der Waals surface area contributed by atoms with Crippen molar-refractivity contribution in [2.75, 3.05) is 6.54 Å². The van der Waals surface area contributed by atoms with Crippen LogP contribution >= 0.6 is 0 Å². The van der Waals surface area contributed by atoms with E-state index in [2.05, 4.69) is 10.7 Å². The number of unbranched alkanes of at least 4 members (excludes halogenated alkanes) is 1. The Labute approximate surface area is 144 Å². The first-order chi connectivity index (χ1) is 11.8.